The third-order valence-corrected chi connectivity index (χ3v) is 4.06. The van der Waals surface area contributed by atoms with Crippen molar-refractivity contribution in [2.45, 2.75) is 24.8 Å². The second-order valence-electron chi connectivity index (χ2n) is 4.65. The fourth-order valence-corrected chi connectivity index (χ4v) is 2.63. The summed E-state index contributed by atoms with van der Waals surface area (Å²) in [5.41, 5.74) is 1.10. The van der Waals surface area contributed by atoms with Crippen molar-refractivity contribution in [2.75, 3.05) is 18.6 Å². The van der Waals surface area contributed by atoms with Crippen LogP contribution in [0.2, 0.25) is 0 Å². The molecule has 0 aromatic heterocycles. The average Bonchev–Trinajstić information content (AvgIpc) is 2.21. The first-order valence-electron chi connectivity index (χ1n) is 5.94. The van der Waals surface area contributed by atoms with Gasteiger partial charge in [0.2, 0.25) is 0 Å². The van der Waals surface area contributed by atoms with Crippen molar-refractivity contribution in [3.05, 3.63) is 35.6 Å². The molecule has 0 spiro atoms. The summed E-state index contributed by atoms with van der Waals surface area (Å²) >= 11 is 0. The van der Waals surface area contributed by atoms with Crippen LogP contribution in [0.5, 0.6) is 0 Å². The van der Waals surface area contributed by atoms with E-state index in [1.807, 2.05) is 6.07 Å². The molecule has 0 bridgehead atoms. The Labute approximate surface area is 104 Å². The normalized spacial score (nSPS) is 25.3. The zero-order chi connectivity index (χ0) is 12.3. The molecule has 1 aliphatic carbocycles. The lowest BCUT2D eigenvalue weighted by Gasteiger charge is -2.36. The molecule has 0 aliphatic heterocycles. The molecule has 1 aromatic rings. The largest absolute Gasteiger partial charge is 0.313 e. The number of benzene rings is 1. The summed E-state index contributed by atoms with van der Waals surface area (Å²) in [7, 11) is -0.720. The summed E-state index contributed by atoms with van der Waals surface area (Å²) in [5, 5.41) is 3.38. The Balaban J connectivity index is 1.73. The van der Waals surface area contributed by atoms with E-state index in [0.29, 0.717) is 17.7 Å². The van der Waals surface area contributed by atoms with Gasteiger partial charge >= 0.3 is 0 Å². The minimum absolute atomic E-state index is 0.153. The molecule has 94 valence electrons. The highest BCUT2D eigenvalue weighted by Crippen LogP contribution is 2.36. The SMILES string of the molecule is CS(=O)CCNC1CC(c2cccc(F)c2)C1. The fourth-order valence-electron chi connectivity index (χ4n) is 2.22. The third-order valence-electron chi connectivity index (χ3n) is 3.28. The summed E-state index contributed by atoms with van der Waals surface area (Å²) in [5.74, 6) is 1.04. The van der Waals surface area contributed by atoms with Crippen LogP contribution in [0, 0.1) is 5.82 Å². The Morgan fingerprint density at radius 3 is 2.88 bits per heavy atom. The Hall–Kier alpha value is -0.740. The molecule has 0 saturated heterocycles. The predicted molar refractivity (Wildman–Crippen MR) is 69.1 cm³/mol. The van der Waals surface area contributed by atoms with Gasteiger partial charge in [-0.15, -0.1) is 0 Å². The van der Waals surface area contributed by atoms with Gasteiger partial charge in [0.15, 0.2) is 0 Å². The zero-order valence-corrected chi connectivity index (χ0v) is 10.8. The van der Waals surface area contributed by atoms with Crippen LogP contribution in [-0.4, -0.2) is 28.8 Å². The van der Waals surface area contributed by atoms with Crippen molar-refractivity contribution in [1.82, 2.24) is 5.32 Å². The first kappa shape index (κ1) is 12.7. The van der Waals surface area contributed by atoms with Gasteiger partial charge in [0.05, 0.1) is 0 Å². The van der Waals surface area contributed by atoms with Gasteiger partial charge in [-0.05, 0) is 36.5 Å². The van der Waals surface area contributed by atoms with Gasteiger partial charge < -0.3 is 5.32 Å². The molecule has 0 heterocycles. The maximum Gasteiger partial charge on any atom is 0.123 e. The quantitative estimate of drug-likeness (QED) is 0.872. The highest BCUT2D eigenvalue weighted by atomic mass is 32.2. The highest BCUT2D eigenvalue weighted by Gasteiger charge is 2.29. The van der Waals surface area contributed by atoms with Crippen molar-refractivity contribution in [3.63, 3.8) is 0 Å². The fraction of sp³-hybridized carbons (Fsp3) is 0.538. The van der Waals surface area contributed by atoms with E-state index in [9.17, 15) is 8.60 Å². The topological polar surface area (TPSA) is 29.1 Å². The molecule has 1 fully saturated rings. The molecule has 1 atom stereocenters. The lowest BCUT2D eigenvalue weighted by molar-refractivity contribution is 0.296. The second-order valence-corrected chi connectivity index (χ2v) is 6.21. The number of rotatable bonds is 5. The lowest BCUT2D eigenvalue weighted by Crippen LogP contribution is -2.41. The number of halogens is 1. The van der Waals surface area contributed by atoms with Gasteiger partial charge in [-0.2, -0.15) is 0 Å². The van der Waals surface area contributed by atoms with Gasteiger partial charge in [-0.25, -0.2) is 4.39 Å². The third kappa shape index (κ3) is 3.61. The van der Waals surface area contributed by atoms with E-state index in [0.717, 1.165) is 24.9 Å². The Bertz CT molecular complexity index is 404. The predicted octanol–water partition coefficient (Wildman–Crippen LogP) is 2.04. The maximum absolute atomic E-state index is 13.0. The number of hydrogen-bond acceptors (Lipinski definition) is 2. The van der Waals surface area contributed by atoms with Crippen LogP contribution in [0.15, 0.2) is 24.3 Å². The minimum Gasteiger partial charge on any atom is -0.313 e. The molecule has 0 radical (unpaired) electrons. The second kappa shape index (κ2) is 5.74. The van der Waals surface area contributed by atoms with Crippen molar-refractivity contribution < 1.29 is 8.60 Å². The molecule has 2 rings (SSSR count). The summed E-state index contributed by atoms with van der Waals surface area (Å²) in [6.07, 6.45) is 3.83. The van der Waals surface area contributed by atoms with E-state index in [1.165, 1.54) is 6.07 Å². The Morgan fingerprint density at radius 1 is 1.47 bits per heavy atom. The van der Waals surface area contributed by atoms with E-state index >= 15 is 0 Å². The Kier molecular flexibility index (Phi) is 4.29. The summed E-state index contributed by atoms with van der Waals surface area (Å²) in [6.45, 7) is 0.809. The first-order chi connectivity index (χ1) is 8.15. The molecule has 1 aliphatic rings. The monoisotopic (exact) mass is 255 g/mol. The van der Waals surface area contributed by atoms with Gasteiger partial charge in [0, 0.05) is 35.4 Å². The molecule has 1 saturated carbocycles. The standard InChI is InChI=1S/C13H18FNOS/c1-17(16)6-5-15-13-8-11(9-13)10-3-2-4-12(14)7-10/h2-4,7,11,13,15H,5-6,8-9H2,1H3. The summed E-state index contributed by atoms with van der Waals surface area (Å²) < 4.78 is 23.9. The van der Waals surface area contributed by atoms with Gasteiger partial charge in [-0.3, -0.25) is 4.21 Å². The van der Waals surface area contributed by atoms with Crippen LogP contribution in [0.1, 0.15) is 24.3 Å². The first-order valence-corrected chi connectivity index (χ1v) is 7.67. The van der Waals surface area contributed by atoms with Crippen LogP contribution in [0.3, 0.4) is 0 Å². The summed E-state index contributed by atoms with van der Waals surface area (Å²) in [4.78, 5) is 0. The van der Waals surface area contributed by atoms with Crippen LogP contribution >= 0.6 is 0 Å². The maximum atomic E-state index is 13.0. The van der Waals surface area contributed by atoms with Crippen LogP contribution in [0.25, 0.3) is 0 Å². The van der Waals surface area contributed by atoms with Crippen molar-refractivity contribution in [1.29, 1.82) is 0 Å². The van der Waals surface area contributed by atoms with E-state index in [2.05, 4.69) is 5.32 Å². The van der Waals surface area contributed by atoms with Crippen LogP contribution in [0.4, 0.5) is 4.39 Å². The smallest absolute Gasteiger partial charge is 0.123 e. The van der Waals surface area contributed by atoms with Crippen LogP contribution < -0.4 is 5.32 Å². The van der Waals surface area contributed by atoms with E-state index in [1.54, 1.807) is 18.4 Å². The van der Waals surface area contributed by atoms with Gasteiger partial charge in [0.1, 0.15) is 5.82 Å². The van der Waals surface area contributed by atoms with Crippen LogP contribution in [-0.2, 0) is 10.8 Å². The molecule has 1 unspecified atom stereocenters. The number of nitrogens with one attached hydrogen (secondary N) is 1. The number of hydrogen-bond donors (Lipinski definition) is 1. The highest BCUT2D eigenvalue weighted by molar-refractivity contribution is 7.84. The molecular formula is C13H18FNOS. The van der Waals surface area contributed by atoms with Crippen molar-refractivity contribution in [2.24, 2.45) is 0 Å². The molecule has 1 aromatic carbocycles. The molecule has 2 nitrogen and oxygen atoms in total. The molecule has 1 N–H and O–H groups in total. The lowest BCUT2D eigenvalue weighted by atomic mass is 9.76. The van der Waals surface area contributed by atoms with Crippen molar-refractivity contribution in [3.8, 4) is 0 Å². The Morgan fingerprint density at radius 2 is 2.24 bits per heavy atom. The van der Waals surface area contributed by atoms with E-state index in [4.69, 9.17) is 0 Å². The van der Waals surface area contributed by atoms with Crippen molar-refractivity contribution >= 4 is 10.8 Å². The molecular weight excluding hydrogens is 237 g/mol. The van der Waals surface area contributed by atoms with E-state index < -0.39 is 10.8 Å². The summed E-state index contributed by atoms with van der Waals surface area (Å²) in [6, 6.07) is 7.37. The molecule has 0 amide bonds. The van der Waals surface area contributed by atoms with E-state index in [-0.39, 0.29) is 5.82 Å². The average molecular weight is 255 g/mol. The van der Waals surface area contributed by atoms with Gasteiger partial charge in [-0.1, -0.05) is 12.1 Å². The minimum atomic E-state index is -0.720. The molecule has 4 heteroatoms. The van der Waals surface area contributed by atoms with Gasteiger partial charge in [0.25, 0.3) is 0 Å². The zero-order valence-electron chi connectivity index (χ0n) is 9.99. The molecule has 17 heavy (non-hydrogen) atoms.